The van der Waals surface area contributed by atoms with Crippen LogP contribution in [0, 0.1) is 5.92 Å². The van der Waals surface area contributed by atoms with Gasteiger partial charge in [0.25, 0.3) is 0 Å². The number of hydrogen-bond donors (Lipinski definition) is 0. The molecule has 1 aromatic heterocycles. The van der Waals surface area contributed by atoms with Crippen LogP contribution in [-0.2, 0) is 18.5 Å². The van der Waals surface area contributed by atoms with Crippen molar-refractivity contribution >= 4 is 34.4 Å². The summed E-state index contributed by atoms with van der Waals surface area (Å²) in [6, 6.07) is 11.2. The van der Waals surface area contributed by atoms with Crippen molar-refractivity contribution in [3.8, 4) is 0 Å². The van der Waals surface area contributed by atoms with Gasteiger partial charge in [-0.1, -0.05) is 25.4 Å². The van der Waals surface area contributed by atoms with E-state index in [2.05, 4.69) is 18.8 Å². The van der Waals surface area contributed by atoms with Gasteiger partial charge < -0.3 is 4.57 Å². The summed E-state index contributed by atoms with van der Waals surface area (Å²) in [6.45, 7) is 4.86. The minimum atomic E-state index is -4.37. The summed E-state index contributed by atoms with van der Waals surface area (Å²) in [5, 5.41) is 0.668. The van der Waals surface area contributed by atoms with Gasteiger partial charge in [0, 0.05) is 16.5 Å². The summed E-state index contributed by atoms with van der Waals surface area (Å²) < 4.78 is 41.0. The highest BCUT2D eigenvalue weighted by atomic mass is 35.5. The van der Waals surface area contributed by atoms with Crippen LogP contribution in [0.4, 0.5) is 13.2 Å². The van der Waals surface area contributed by atoms with E-state index >= 15 is 0 Å². The molecule has 2 aromatic carbocycles. The lowest BCUT2D eigenvalue weighted by Gasteiger charge is -2.12. The van der Waals surface area contributed by atoms with E-state index in [0.29, 0.717) is 28.8 Å². The Hall–Kier alpha value is -1.66. The van der Waals surface area contributed by atoms with Crippen molar-refractivity contribution in [2.45, 2.75) is 37.2 Å². The van der Waals surface area contributed by atoms with Gasteiger partial charge in [0.2, 0.25) is 0 Å². The molecule has 7 heteroatoms. The normalized spacial score (nSPS) is 12.3. The fourth-order valence-corrected chi connectivity index (χ4v) is 3.68. The van der Waals surface area contributed by atoms with Gasteiger partial charge in [0.1, 0.15) is 5.82 Å². The Morgan fingerprint density at radius 1 is 1.12 bits per heavy atom. The molecule has 0 radical (unpaired) electrons. The Kier molecular flexibility index (Phi) is 5.53. The molecular formula is C19H18ClF3N2S. The van der Waals surface area contributed by atoms with Crippen LogP contribution in [0.2, 0.25) is 5.02 Å². The SMILES string of the molecule is CC(C)Cn1c(CSc2ccc(Cl)cc2)nc2cc(C(F)(F)F)ccc21. The average molecular weight is 399 g/mol. The van der Waals surface area contributed by atoms with E-state index in [4.69, 9.17) is 11.6 Å². The molecule has 0 aliphatic heterocycles. The van der Waals surface area contributed by atoms with Crippen molar-refractivity contribution in [2.24, 2.45) is 5.92 Å². The lowest BCUT2D eigenvalue weighted by molar-refractivity contribution is -0.137. The highest BCUT2D eigenvalue weighted by Crippen LogP contribution is 2.33. The first-order valence-electron chi connectivity index (χ1n) is 8.19. The molecule has 1 heterocycles. The summed E-state index contributed by atoms with van der Waals surface area (Å²) in [4.78, 5) is 5.52. The summed E-state index contributed by atoms with van der Waals surface area (Å²) >= 11 is 7.48. The maximum atomic E-state index is 13.0. The Morgan fingerprint density at radius 2 is 1.81 bits per heavy atom. The Morgan fingerprint density at radius 3 is 2.42 bits per heavy atom. The van der Waals surface area contributed by atoms with Crippen LogP contribution in [0.1, 0.15) is 25.2 Å². The lowest BCUT2D eigenvalue weighted by Crippen LogP contribution is -2.08. The van der Waals surface area contributed by atoms with Gasteiger partial charge in [-0.05, 0) is 48.4 Å². The van der Waals surface area contributed by atoms with E-state index in [1.165, 1.54) is 6.07 Å². The third-order valence-electron chi connectivity index (χ3n) is 3.88. The molecule has 0 aliphatic rings. The molecule has 0 atom stereocenters. The van der Waals surface area contributed by atoms with Gasteiger partial charge in [-0.15, -0.1) is 11.8 Å². The molecule has 0 N–H and O–H groups in total. The topological polar surface area (TPSA) is 17.8 Å². The van der Waals surface area contributed by atoms with Gasteiger partial charge in [0.05, 0.1) is 22.3 Å². The third-order valence-corrected chi connectivity index (χ3v) is 5.14. The summed E-state index contributed by atoms with van der Waals surface area (Å²) in [5.41, 5.74) is 0.446. The van der Waals surface area contributed by atoms with Crippen LogP contribution in [0.25, 0.3) is 11.0 Å². The van der Waals surface area contributed by atoms with Crippen molar-refractivity contribution in [3.05, 3.63) is 58.9 Å². The van der Waals surface area contributed by atoms with E-state index in [-0.39, 0.29) is 0 Å². The van der Waals surface area contributed by atoms with Gasteiger partial charge in [-0.2, -0.15) is 13.2 Å². The predicted molar refractivity (Wildman–Crippen MR) is 101 cm³/mol. The van der Waals surface area contributed by atoms with Crippen molar-refractivity contribution in [3.63, 3.8) is 0 Å². The van der Waals surface area contributed by atoms with Crippen molar-refractivity contribution in [1.29, 1.82) is 0 Å². The molecule has 0 saturated carbocycles. The second-order valence-corrected chi connectivity index (χ2v) is 7.96. The number of nitrogens with zero attached hydrogens (tertiary/aromatic N) is 2. The zero-order valence-corrected chi connectivity index (χ0v) is 15.9. The Labute approximate surface area is 159 Å². The number of alkyl halides is 3. The van der Waals surface area contributed by atoms with Crippen LogP contribution in [0.15, 0.2) is 47.4 Å². The maximum absolute atomic E-state index is 13.0. The molecule has 2 nitrogen and oxygen atoms in total. The van der Waals surface area contributed by atoms with E-state index < -0.39 is 11.7 Å². The number of benzene rings is 2. The first kappa shape index (κ1) is 19.1. The third kappa shape index (κ3) is 4.35. The minimum Gasteiger partial charge on any atom is -0.327 e. The number of rotatable bonds is 5. The zero-order chi connectivity index (χ0) is 18.9. The number of halogens is 4. The number of fused-ring (bicyclic) bond motifs is 1. The van der Waals surface area contributed by atoms with Crippen molar-refractivity contribution < 1.29 is 13.2 Å². The molecular weight excluding hydrogens is 381 g/mol. The number of imidazole rings is 1. The summed E-state index contributed by atoms with van der Waals surface area (Å²) in [7, 11) is 0. The fraction of sp³-hybridized carbons (Fsp3) is 0.316. The highest BCUT2D eigenvalue weighted by molar-refractivity contribution is 7.98. The molecule has 3 aromatic rings. The van der Waals surface area contributed by atoms with Crippen molar-refractivity contribution in [2.75, 3.05) is 0 Å². The molecule has 0 bridgehead atoms. The van der Waals surface area contributed by atoms with Crippen LogP contribution >= 0.6 is 23.4 Å². The number of hydrogen-bond acceptors (Lipinski definition) is 2. The van der Waals surface area contributed by atoms with Crippen LogP contribution in [0.5, 0.6) is 0 Å². The minimum absolute atomic E-state index is 0.356. The van der Waals surface area contributed by atoms with Gasteiger partial charge in [0.15, 0.2) is 0 Å². The van der Waals surface area contributed by atoms with Crippen LogP contribution < -0.4 is 0 Å². The van der Waals surface area contributed by atoms with E-state index in [0.717, 1.165) is 28.4 Å². The quantitative estimate of drug-likeness (QED) is 0.447. The molecule has 3 rings (SSSR count). The van der Waals surface area contributed by atoms with Crippen LogP contribution in [-0.4, -0.2) is 9.55 Å². The number of thioether (sulfide) groups is 1. The lowest BCUT2D eigenvalue weighted by atomic mass is 10.2. The second-order valence-electron chi connectivity index (χ2n) is 6.48. The molecule has 26 heavy (non-hydrogen) atoms. The van der Waals surface area contributed by atoms with Gasteiger partial charge in [-0.25, -0.2) is 4.98 Å². The van der Waals surface area contributed by atoms with Gasteiger partial charge in [-0.3, -0.25) is 0 Å². The van der Waals surface area contributed by atoms with Gasteiger partial charge >= 0.3 is 6.18 Å². The molecule has 0 fully saturated rings. The largest absolute Gasteiger partial charge is 0.416 e. The monoisotopic (exact) mass is 398 g/mol. The first-order chi connectivity index (χ1) is 12.2. The number of aromatic nitrogens is 2. The van der Waals surface area contributed by atoms with Crippen molar-refractivity contribution in [1.82, 2.24) is 9.55 Å². The summed E-state index contributed by atoms with van der Waals surface area (Å²) in [6.07, 6.45) is -4.37. The molecule has 0 unspecified atom stereocenters. The molecule has 0 spiro atoms. The predicted octanol–water partition coefficient (Wildman–Crippen LogP) is 6.66. The average Bonchev–Trinajstić information content (AvgIpc) is 2.90. The Balaban J connectivity index is 1.95. The summed E-state index contributed by atoms with van der Waals surface area (Å²) in [5.74, 6) is 1.70. The first-order valence-corrected chi connectivity index (χ1v) is 9.55. The Bertz CT molecular complexity index is 902. The second kappa shape index (κ2) is 7.53. The smallest absolute Gasteiger partial charge is 0.327 e. The van der Waals surface area contributed by atoms with E-state index in [1.807, 2.05) is 28.8 Å². The molecule has 0 saturated heterocycles. The van der Waals surface area contributed by atoms with E-state index in [9.17, 15) is 13.2 Å². The molecule has 0 amide bonds. The standard InChI is InChI=1S/C19H18ClF3N2S/c1-12(2)10-25-17-8-3-13(19(21,22)23)9-16(17)24-18(25)11-26-15-6-4-14(20)5-7-15/h3-9,12H,10-11H2,1-2H3. The molecule has 138 valence electrons. The zero-order valence-electron chi connectivity index (χ0n) is 14.3. The van der Waals surface area contributed by atoms with E-state index in [1.54, 1.807) is 11.8 Å². The van der Waals surface area contributed by atoms with Crippen LogP contribution in [0.3, 0.4) is 0 Å². The highest BCUT2D eigenvalue weighted by Gasteiger charge is 2.31. The fourth-order valence-electron chi connectivity index (χ4n) is 2.71. The maximum Gasteiger partial charge on any atom is 0.416 e. The molecule has 0 aliphatic carbocycles.